The van der Waals surface area contributed by atoms with Gasteiger partial charge in [-0.05, 0) is 30.8 Å². The molecular weight excluding hydrogens is 326 g/mol. The first-order chi connectivity index (χ1) is 11.0. The highest BCUT2D eigenvalue weighted by Gasteiger charge is 2.59. The lowest BCUT2D eigenvalue weighted by Gasteiger charge is -2.36. The van der Waals surface area contributed by atoms with Gasteiger partial charge in [0.1, 0.15) is 23.4 Å². The van der Waals surface area contributed by atoms with Gasteiger partial charge >= 0.3 is 6.03 Å². The molecule has 23 heavy (non-hydrogen) atoms. The average Bonchev–Trinajstić information content (AvgIpc) is 3.15. The van der Waals surface area contributed by atoms with Gasteiger partial charge in [-0.3, -0.25) is 10.1 Å². The lowest BCUT2D eigenvalue weighted by Crippen LogP contribution is -2.55. The Kier molecular flexibility index (Phi) is 3.02. The van der Waals surface area contributed by atoms with Gasteiger partial charge in [0, 0.05) is 6.54 Å². The molecule has 3 aliphatic rings. The number of urea groups is 1. The number of hydrogen-bond acceptors (Lipinski definition) is 3. The van der Waals surface area contributed by atoms with E-state index in [-0.39, 0.29) is 34.8 Å². The summed E-state index contributed by atoms with van der Waals surface area (Å²) in [6.07, 6.45) is 0.616. The van der Waals surface area contributed by atoms with E-state index in [1.165, 1.54) is 11.0 Å². The van der Waals surface area contributed by atoms with Crippen LogP contribution in [0.4, 0.5) is 19.3 Å². The number of hydrogen-bond donors (Lipinski definition) is 2. The number of likely N-dealkylation sites (tertiary alicyclic amines) is 1. The first-order valence-corrected chi connectivity index (χ1v) is 7.53. The molecule has 6 nitrogen and oxygen atoms in total. The zero-order valence-corrected chi connectivity index (χ0v) is 12.6. The fraction of sp³-hybridized carbons (Fsp3) is 0.357. The van der Waals surface area contributed by atoms with Crippen molar-refractivity contribution in [2.45, 2.75) is 24.5 Å². The normalized spacial score (nSPS) is 28.2. The van der Waals surface area contributed by atoms with Gasteiger partial charge in [0.2, 0.25) is 0 Å². The molecule has 0 aliphatic carbocycles. The maximum absolute atomic E-state index is 13.7. The van der Waals surface area contributed by atoms with Crippen LogP contribution in [0.15, 0.2) is 18.2 Å². The van der Waals surface area contributed by atoms with E-state index in [1.807, 2.05) is 0 Å². The third-order valence-electron chi connectivity index (χ3n) is 4.57. The molecule has 120 valence electrons. The number of carbonyl (C=O) groups is 2. The highest BCUT2D eigenvalue weighted by Crippen LogP contribution is 2.38. The van der Waals surface area contributed by atoms with Crippen LogP contribution < -0.4 is 10.6 Å². The van der Waals surface area contributed by atoms with Crippen LogP contribution >= 0.6 is 12.2 Å². The predicted molar refractivity (Wildman–Crippen MR) is 80.6 cm³/mol. The molecule has 0 radical (unpaired) electrons. The summed E-state index contributed by atoms with van der Waals surface area (Å²) in [5.41, 5.74) is -0.316. The summed E-state index contributed by atoms with van der Waals surface area (Å²) in [6.45, 7) is 0.434. The zero-order valence-electron chi connectivity index (χ0n) is 11.8. The number of amides is 3. The van der Waals surface area contributed by atoms with Crippen LogP contribution in [0.1, 0.15) is 6.42 Å². The number of nitrogens with zero attached hydrogens (tertiary/aromatic N) is 2. The van der Waals surface area contributed by atoms with Crippen molar-refractivity contribution in [2.75, 3.05) is 11.9 Å². The van der Waals surface area contributed by atoms with Gasteiger partial charge in [-0.2, -0.15) is 0 Å². The number of rotatable bonds is 1. The number of benzene rings is 1. The second kappa shape index (κ2) is 4.85. The molecule has 1 aromatic rings. The smallest absolute Gasteiger partial charge is 0.325 e. The van der Waals surface area contributed by atoms with E-state index in [4.69, 9.17) is 12.2 Å². The van der Waals surface area contributed by atoms with Crippen LogP contribution in [0, 0.1) is 11.6 Å². The Morgan fingerprint density at radius 1 is 1.30 bits per heavy atom. The quantitative estimate of drug-likeness (QED) is 0.592. The summed E-state index contributed by atoms with van der Waals surface area (Å²) in [6, 6.07) is 2.16. The Labute approximate surface area is 135 Å². The maximum Gasteiger partial charge on any atom is 0.325 e. The minimum absolute atomic E-state index is 0.123. The van der Waals surface area contributed by atoms with Crippen molar-refractivity contribution in [1.29, 1.82) is 0 Å². The number of halogens is 2. The Hall–Kier alpha value is -2.29. The largest absolute Gasteiger partial charge is 0.341 e. The zero-order chi connectivity index (χ0) is 16.3. The van der Waals surface area contributed by atoms with Gasteiger partial charge in [-0.25, -0.2) is 13.6 Å². The van der Waals surface area contributed by atoms with Crippen molar-refractivity contribution in [1.82, 2.24) is 15.1 Å². The molecule has 3 fully saturated rings. The first kappa shape index (κ1) is 14.3. The number of nitrogens with one attached hydrogen (secondary N) is 2. The number of thiocarbonyl (C=S) groups is 1. The maximum atomic E-state index is 13.7. The fourth-order valence-corrected chi connectivity index (χ4v) is 3.93. The van der Waals surface area contributed by atoms with E-state index in [1.54, 1.807) is 4.90 Å². The minimum Gasteiger partial charge on any atom is -0.341 e. The molecule has 3 aliphatic heterocycles. The summed E-state index contributed by atoms with van der Waals surface area (Å²) in [7, 11) is 0. The molecular formula is C14H12F2N4O2S. The molecule has 0 aromatic heterocycles. The second-order valence-corrected chi connectivity index (χ2v) is 6.17. The van der Waals surface area contributed by atoms with Gasteiger partial charge in [-0.1, -0.05) is 6.07 Å². The van der Waals surface area contributed by atoms with Crippen LogP contribution in [-0.2, 0) is 4.79 Å². The summed E-state index contributed by atoms with van der Waals surface area (Å²) in [5, 5.41) is 5.01. The van der Waals surface area contributed by atoms with Crippen LogP contribution in [0.2, 0.25) is 0 Å². The van der Waals surface area contributed by atoms with Crippen molar-refractivity contribution in [3.05, 3.63) is 29.8 Å². The Morgan fingerprint density at radius 2 is 2.00 bits per heavy atom. The van der Waals surface area contributed by atoms with Crippen molar-refractivity contribution >= 4 is 35.0 Å². The molecule has 3 heterocycles. The van der Waals surface area contributed by atoms with E-state index in [0.29, 0.717) is 13.0 Å². The van der Waals surface area contributed by atoms with Gasteiger partial charge < -0.3 is 15.1 Å². The van der Waals surface area contributed by atoms with Crippen LogP contribution in [0.5, 0.6) is 0 Å². The molecule has 3 atom stereocenters. The third-order valence-corrected chi connectivity index (χ3v) is 4.90. The van der Waals surface area contributed by atoms with Crippen molar-refractivity contribution in [3.8, 4) is 0 Å². The molecule has 3 saturated heterocycles. The van der Waals surface area contributed by atoms with Crippen molar-refractivity contribution in [2.24, 2.45) is 0 Å². The average molecular weight is 338 g/mol. The number of anilines is 1. The highest BCUT2D eigenvalue weighted by molar-refractivity contribution is 7.80. The summed E-state index contributed by atoms with van der Waals surface area (Å²) < 4.78 is 27.4. The Bertz CT molecular complexity index is 723. The monoisotopic (exact) mass is 338 g/mol. The van der Waals surface area contributed by atoms with Crippen LogP contribution in [-0.4, -0.2) is 51.5 Å². The van der Waals surface area contributed by atoms with E-state index in [9.17, 15) is 18.4 Å². The lowest BCUT2D eigenvalue weighted by molar-refractivity contribution is -0.122. The van der Waals surface area contributed by atoms with Gasteiger partial charge in [0.05, 0.1) is 12.1 Å². The van der Waals surface area contributed by atoms with Crippen LogP contribution in [0.3, 0.4) is 0 Å². The van der Waals surface area contributed by atoms with E-state index >= 15 is 0 Å². The number of imide groups is 1. The Morgan fingerprint density at radius 3 is 2.70 bits per heavy atom. The van der Waals surface area contributed by atoms with Gasteiger partial charge in [-0.15, -0.1) is 0 Å². The fourth-order valence-electron chi connectivity index (χ4n) is 3.62. The number of fused-ring (bicyclic) bond motifs is 5. The second-order valence-electron chi connectivity index (χ2n) is 5.78. The number of carbonyl (C=O) groups excluding carboxylic acids is 2. The molecule has 0 saturated carbocycles. The topological polar surface area (TPSA) is 64.7 Å². The summed E-state index contributed by atoms with van der Waals surface area (Å²) >= 11 is 5.25. The summed E-state index contributed by atoms with van der Waals surface area (Å²) in [5.74, 6) is -1.84. The van der Waals surface area contributed by atoms with Gasteiger partial charge in [0.15, 0.2) is 5.11 Å². The molecule has 1 aromatic carbocycles. The molecule has 0 spiro atoms. The molecule has 2 N–H and O–H groups in total. The number of piperazine rings is 1. The molecule has 3 amide bonds. The standard InChI is InChI=1S/C14H12F2N4O2S/c15-7-2-1-3-8(16)10(7)17-14(23)19-5-6-4-9(19)11-12(21)18-13(22)20(6)11/h1-3,6,9,11H,4-5H2,(H,17,23)(H,18,21,22). The van der Waals surface area contributed by atoms with Crippen molar-refractivity contribution in [3.63, 3.8) is 0 Å². The SMILES string of the molecule is O=C1NC(=O)N2C3CC(C12)N(C(=S)Nc1c(F)cccc1F)C3. The minimum atomic E-state index is -0.743. The van der Waals surface area contributed by atoms with E-state index < -0.39 is 17.7 Å². The third kappa shape index (κ3) is 1.99. The van der Waals surface area contributed by atoms with Crippen LogP contribution in [0.25, 0.3) is 0 Å². The van der Waals surface area contributed by atoms with Crippen molar-refractivity contribution < 1.29 is 18.4 Å². The molecule has 4 rings (SSSR count). The molecule has 2 bridgehead atoms. The van der Waals surface area contributed by atoms with E-state index in [0.717, 1.165) is 12.1 Å². The van der Waals surface area contributed by atoms with E-state index in [2.05, 4.69) is 10.6 Å². The highest BCUT2D eigenvalue weighted by atomic mass is 32.1. The predicted octanol–water partition coefficient (Wildman–Crippen LogP) is 1.04. The molecule has 9 heteroatoms. The Balaban J connectivity index is 1.55. The first-order valence-electron chi connectivity index (χ1n) is 7.12. The molecule has 3 unspecified atom stereocenters. The van der Waals surface area contributed by atoms with Gasteiger partial charge in [0.25, 0.3) is 5.91 Å². The lowest BCUT2D eigenvalue weighted by atomic mass is 10.1. The summed E-state index contributed by atoms with van der Waals surface area (Å²) in [4.78, 5) is 26.9. The number of para-hydroxylation sites is 1.